The molecule has 130 valence electrons. The van der Waals surface area contributed by atoms with E-state index in [4.69, 9.17) is 11.6 Å². The third kappa shape index (κ3) is 3.16. The maximum atomic E-state index is 12.6. The second kappa shape index (κ2) is 6.81. The number of carbonyl (C=O) groups excluding carboxylic acids is 1. The van der Waals surface area contributed by atoms with Crippen molar-refractivity contribution in [3.8, 4) is 0 Å². The van der Waals surface area contributed by atoms with Crippen LogP contribution in [0.4, 0.5) is 17.1 Å². The van der Waals surface area contributed by atoms with E-state index in [0.29, 0.717) is 16.3 Å². The average molecular weight is 364 g/mol. The zero-order valence-electron chi connectivity index (χ0n) is 14.4. The van der Waals surface area contributed by atoms with Gasteiger partial charge in [-0.05, 0) is 48.7 Å². The number of aromatic nitrogens is 1. The smallest absolute Gasteiger partial charge is 0.257 e. The van der Waals surface area contributed by atoms with Crippen LogP contribution in [0.3, 0.4) is 0 Å². The van der Waals surface area contributed by atoms with Gasteiger partial charge in [0.05, 0.1) is 17.4 Å². The Morgan fingerprint density at radius 3 is 2.85 bits per heavy atom. The summed E-state index contributed by atoms with van der Waals surface area (Å²) in [4.78, 5) is 19.1. The molecule has 4 rings (SSSR count). The number of benzene rings is 2. The van der Waals surface area contributed by atoms with Crippen LogP contribution in [0.15, 0.2) is 60.9 Å². The van der Waals surface area contributed by atoms with Crippen molar-refractivity contribution in [1.82, 2.24) is 4.98 Å². The molecule has 1 aliphatic heterocycles. The third-order valence-corrected chi connectivity index (χ3v) is 5.02. The largest absolute Gasteiger partial charge is 0.340 e. The standard InChI is InChI=1S/C21H18ClN3O/c1-14-6-7-17(11-19(14)22)24-21(26)16-10-18(13-23-12-16)25-9-8-15-4-2-3-5-20(15)25/h2-7,10-13H,8-9H2,1H3,(H,24,26). The van der Waals surface area contributed by atoms with Crippen LogP contribution in [-0.2, 0) is 6.42 Å². The van der Waals surface area contributed by atoms with E-state index in [1.807, 2.05) is 31.2 Å². The van der Waals surface area contributed by atoms with E-state index in [2.05, 4.69) is 33.4 Å². The number of fused-ring (bicyclic) bond motifs is 1. The number of hydrogen-bond donors (Lipinski definition) is 1. The second-order valence-corrected chi connectivity index (χ2v) is 6.79. The van der Waals surface area contributed by atoms with E-state index < -0.39 is 0 Å². The first-order chi connectivity index (χ1) is 12.6. The summed E-state index contributed by atoms with van der Waals surface area (Å²) in [5.74, 6) is -0.202. The number of nitrogens with zero attached hydrogens (tertiary/aromatic N) is 2. The number of nitrogens with one attached hydrogen (secondary N) is 1. The molecular formula is C21H18ClN3O. The van der Waals surface area contributed by atoms with Gasteiger partial charge in [-0.25, -0.2) is 0 Å². The van der Waals surface area contributed by atoms with Gasteiger partial charge in [-0.1, -0.05) is 35.9 Å². The van der Waals surface area contributed by atoms with Gasteiger partial charge in [-0.3, -0.25) is 9.78 Å². The van der Waals surface area contributed by atoms with Gasteiger partial charge in [0.25, 0.3) is 5.91 Å². The quantitative estimate of drug-likeness (QED) is 0.713. The fourth-order valence-corrected chi connectivity index (χ4v) is 3.36. The highest BCUT2D eigenvalue weighted by Crippen LogP contribution is 2.34. The van der Waals surface area contributed by atoms with Crippen LogP contribution in [0.1, 0.15) is 21.5 Å². The van der Waals surface area contributed by atoms with Crippen molar-refractivity contribution in [2.24, 2.45) is 0 Å². The molecule has 0 fully saturated rings. The molecule has 0 aliphatic carbocycles. The summed E-state index contributed by atoms with van der Waals surface area (Å²) >= 11 is 6.13. The highest BCUT2D eigenvalue weighted by atomic mass is 35.5. The van der Waals surface area contributed by atoms with Crippen LogP contribution in [0.5, 0.6) is 0 Å². The fourth-order valence-electron chi connectivity index (χ4n) is 3.18. The normalized spacial score (nSPS) is 12.8. The summed E-state index contributed by atoms with van der Waals surface area (Å²) in [6.07, 6.45) is 4.37. The third-order valence-electron chi connectivity index (χ3n) is 4.61. The van der Waals surface area contributed by atoms with Crippen molar-refractivity contribution in [3.05, 3.63) is 82.6 Å². The molecule has 0 radical (unpaired) electrons. The van der Waals surface area contributed by atoms with Gasteiger partial charge in [-0.15, -0.1) is 0 Å². The van der Waals surface area contributed by atoms with Crippen molar-refractivity contribution in [3.63, 3.8) is 0 Å². The minimum Gasteiger partial charge on any atom is -0.340 e. The highest BCUT2D eigenvalue weighted by Gasteiger charge is 2.21. The molecule has 0 spiro atoms. The zero-order chi connectivity index (χ0) is 18.1. The number of anilines is 3. The van der Waals surface area contributed by atoms with Gasteiger partial charge < -0.3 is 10.2 Å². The maximum absolute atomic E-state index is 12.6. The fraction of sp³-hybridized carbons (Fsp3) is 0.143. The second-order valence-electron chi connectivity index (χ2n) is 6.38. The van der Waals surface area contributed by atoms with Crippen LogP contribution < -0.4 is 10.2 Å². The molecule has 0 bridgehead atoms. The Balaban J connectivity index is 1.58. The Labute approximate surface area is 157 Å². The van der Waals surface area contributed by atoms with E-state index in [9.17, 15) is 4.79 Å². The van der Waals surface area contributed by atoms with Crippen LogP contribution in [0, 0.1) is 6.92 Å². The number of pyridine rings is 1. The molecule has 5 heteroatoms. The highest BCUT2D eigenvalue weighted by molar-refractivity contribution is 6.31. The molecule has 4 nitrogen and oxygen atoms in total. The number of hydrogen-bond acceptors (Lipinski definition) is 3. The molecule has 2 heterocycles. The number of carbonyl (C=O) groups is 1. The predicted octanol–water partition coefficient (Wildman–Crippen LogP) is 4.99. The van der Waals surface area contributed by atoms with E-state index in [0.717, 1.165) is 24.2 Å². The van der Waals surface area contributed by atoms with Gasteiger partial charge in [0.1, 0.15) is 0 Å². The lowest BCUT2D eigenvalue weighted by Gasteiger charge is -2.19. The van der Waals surface area contributed by atoms with Crippen molar-refractivity contribution in [2.75, 3.05) is 16.8 Å². The molecule has 1 aromatic heterocycles. The van der Waals surface area contributed by atoms with Crippen LogP contribution >= 0.6 is 11.6 Å². The summed E-state index contributed by atoms with van der Waals surface area (Å²) < 4.78 is 0. The van der Waals surface area contributed by atoms with Gasteiger partial charge in [0.2, 0.25) is 0 Å². The van der Waals surface area contributed by atoms with Gasteiger partial charge in [-0.2, -0.15) is 0 Å². The number of rotatable bonds is 3. The molecule has 1 amide bonds. The Morgan fingerprint density at radius 1 is 1.15 bits per heavy atom. The van der Waals surface area contributed by atoms with E-state index >= 15 is 0 Å². The number of amides is 1. The Morgan fingerprint density at radius 2 is 2.00 bits per heavy atom. The van der Waals surface area contributed by atoms with Crippen LogP contribution in [0.2, 0.25) is 5.02 Å². The first kappa shape index (κ1) is 16.6. The van der Waals surface area contributed by atoms with Crippen molar-refractivity contribution < 1.29 is 4.79 Å². The lowest BCUT2D eigenvalue weighted by atomic mass is 10.2. The number of halogens is 1. The molecule has 26 heavy (non-hydrogen) atoms. The minimum atomic E-state index is -0.202. The first-order valence-electron chi connectivity index (χ1n) is 8.50. The summed E-state index contributed by atoms with van der Waals surface area (Å²) in [5.41, 5.74) is 5.57. The first-order valence-corrected chi connectivity index (χ1v) is 8.87. The molecular weight excluding hydrogens is 346 g/mol. The lowest BCUT2D eigenvalue weighted by molar-refractivity contribution is 0.102. The Kier molecular flexibility index (Phi) is 4.35. The number of para-hydroxylation sites is 1. The predicted molar refractivity (Wildman–Crippen MR) is 106 cm³/mol. The lowest BCUT2D eigenvalue weighted by Crippen LogP contribution is -2.16. The van der Waals surface area contributed by atoms with Gasteiger partial charge in [0, 0.05) is 29.1 Å². The van der Waals surface area contributed by atoms with E-state index in [1.54, 1.807) is 18.5 Å². The molecule has 0 saturated carbocycles. The maximum Gasteiger partial charge on any atom is 0.257 e. The summed E-state index contributed by atoms with van der Waals surface area (Å²) in [5, 5.41) is 3.51. The van der Waals surface area contributed by atoms with Gasteiger partial charge >= 0.3 is 0 Å². The van der Waals surface area contributed by atoms with Crippen molar-refractivity contribution >= 4 is 34.6 Å². The van der Waals surface area contributed by atoms with Crippen LogP contribution in [0.25, 0.3) is 0 Å². The summed E-state index contributed by atoms with van der Waals surface area (Å²) in [6.45, 7) is 2.81. The molecule has 1 N–H and O–H groups in total. The molecule has 0 atom stereocenters. The number of aryl methyl sites for hydroxylation is 1. The average Bonchev–Trinajstić information content (AvgIpc) is 3.09. The molecule has 1 aliphatic rings. The van der Waals surface area contributed by atoms with Crippen molar-refractivity contribution in [2.45, 2.75) is 13.3 Å². The minimum absolute atomic E-state index is 0.202. The molecule has 2 aromatic carbocycles. The Hall–Kier alpha value is -2.85. The Bertz CT molecular complexity index is 986. The molecule has 0 saturated heterocycles. The van der Waals surface area contributed by atoms with Crippen molar-refractivity contribution in [1.29, 1.82) is 0 Å². The van der Waals surface area contributed by atoms with E-state index in [1.165, 1.54) is 11.3 Å². The monoisotopic (exact) mass is 363 g/mol. The SMILES string of the molecule is Cc1ccc(NC(=O)c2cncc(N3CCc4ccccc43)c2)cc1Cl. The molecule has 3 aromatic rings. The summed E-state index contributed by atoms with van der Waals surface area (Å²) in [6, 6.07) is 15.7. The molecule has 0 unspecified atom stereocenters. The summed E-state index contributed by atoms with van der Waals surface area (Å²) in [7, 11) is 0. The van der Waals surface area contributed by atoms with Gasteiger partial charge in [0.15, 0.2) is 0 Å². The topological polar surface area (TPSA) is 45.2 Å². The van der Waals surface area contributed by atoms with Crippen LogP contribution in [-0.4, -0.2) is 17.4 Å². The van der Waals surface area contributed by atoms with E-state index in [-0.39, 0.29) is 5.91 Å². The zero-order valence-corrected chi connectivity index (χ0v) is 15.1.